The fourth-order valence-electron chi connectivity index (χ4n) is 1.98. The fourth-order valence-corrected chi connectivity index (χ4v) is 2.64. The second-order valence-electron chi connectivity index (χ2n) is 4.14. The third-order valence-corrected chi connectivity index (χ3v) is 3.71. The third-order valence-electron chi connectivity index (χ3n) is 2.93. The SMILES string of the molecule is COC(=O)c1ccc(SC)c(-c2cc(C)no2)c1C. The molecule has 0 bridgehead atoms. The number of nitrogens with zero attached hydrogens (tertiary/aromatic N) is 1. The van der Waals surface area contributed by atoms with Crippen molar-refractivity contribution in [1.82, 2.24) is 5.16 Å². The van der Waals surface area contributed by atoms with Gasteiger partial charge >= 0.3 is 5.97 Å². The van der Waals surface area contributed by atoms with Crippen LogP contribution in [0.15, 0.2) is 27.6 Å². The molecule has 0 radical (unpaired) electrons. The van der Waals surface area contributed by atoms with E-state index in [-0.39, 0.29) is 5.97 Å². The average molecular weight is 277 g/mol. The summed E-state index contributed by atoms with van der Waals surface area (Å²) in [6.07, 6.45) is 1.99. The third kappa shape index (κ3) is 2.51. The van der Waals surface area contributed by atoms with E-state index in [4.69, 9.17) is 9.26 Å². The Kier molecular flexibility index (Phi) is 3.95. The summed E-state index contributed by atoms with van der Waals surface area (Å²) < 4.78 is 10.1. The zero-order valence-electron chi connectivity index (χ0n) is 11.3. The smallest absolute Gasteiger partial charge is 0.338 e. The lowest BCUT2D eigenvalue weighted by atomic mass is 10.0. The van der Waals surface area contributed by atoms with Gasteiger partial charge in [0.1, 0.15) is 0 Å². The van der Waals surface area contributed by atoms with Gasteiger partial charge in [-0.2, -0.15) is 0 Å². The van der Waals surface area contributed by atoms with Crippen LogP contribution in [0.3, 0.4) is 0 Å². The monoisotopic (exact) mass is 277 g/mol. The lowest BCUT2D eigenvalue weighted by Crippen LogP contribution is -2.05. The topological polar surface area (TPSA) is 52.3 Å². The maximum atomic E-state index is 11.7. The van der Waals surface area contributed by atoms with Crippen LogP contribution in [0.2, 0.25) is 0 Å². The molecule has 19 heavy (non-hydrogen) atoms. The van der Waals surface area contributed by atoms with Gasteiger partial charge in [0.2, 0.25) is 0 Å². The summed E-state index contributed by atoms with van der Waals surface area (Å²) in [6, 6.07) is 5.54. The van der Waals surface area contributed by atoms with Crippen LogP contribution in [0.25, 0.3) is 11.3 Å². The van der Waals surface area contributed by atoms with E-state index >= 15 is 0 Å². The molecule has 1 heterocycles. The summed E-state index contributed by atoms with van der Waals surface area (Å²) in [6.45, 7) is 3.75. The van der Waals surface area contributed by atoms with Gasteiger partial charge in [-0.05, 0) is 37.8 Å². The normalized spacial score (nSPS) is 10.5. The number of esters is 1. The molecule has 0 atom stereocenters. The number of hydrogen-bond donors (Lipinski definition) is 0. The first kappa shape index (κ1) is 13.7. The second kappa shape index (κ2) is 5.48. The average Bonchev–Trinajstić information content (AvgIpc) is 2.83. The van der Waals surface area contributed by atoms with Gasteiger partial charge in [0, 0.05) is 16.5 Å². The second-order valence-corrected chi connectivity index (χ2v) is 4.99. The number of carbonyl (C=O) groups is 1. The Bertz CT molecular complexity index is 619. The van der Waals surface area contributed by atoms with Crippen molar-refractivity contribution >= 4 is 17.7 Å². The van der Waals surface area contributed by atoms with Gasteiger partial charge in [0.05, 0.1) is 18.4 Å². The molecule has 0 fully saturated rings. The Hall–Kier alpha value is -1.75. The first-order valence-corrected chi connectivity index (χ1v) is 7.00. The molecular formula is C14H15NO3S. The molecule has 4 nitrogen and oxygen atoms in total. The molecule has 0 aliphatic heterocycles. The van der Waals surface area contributed by atoms with Crippen molar-refractivity contribution < 1.29 is 14.1 Å². The summed E-state index contributed by atoms with van der Waals surface area (Å²) in [7, 11) is 1.38. The highest BCUT2D eigenvalue weighted by Gasteiger charge is 2.19. The molecule has 1 aromatic carbocycles. The van der Waals surface area contributed by atoms with E-state index in [9.17, 15) is 4.79 Å². The number of rotatable bonds is 3. The molecule has 1 aromatic heterocycles. The van der Waals surface area contributed by atoms with Crippen LogP contribution in [-0.2, 0) is 4.74 Å². The minimum atomic E-state index is -0.345. The standard InChI is InChI=1S/C14H15NO3S/c1-8-7-11(18-15-8)13-9(2)10(14(16)17-3)5-6-12(13)19-4/h5-7H,1-4H3. The summed E-state index contributed by atoms with van der Waals surface area (Å²) >= 11 is 1.60. The number of carbonyl (C=O) groups excluding carboxylic acids is 1. The van der Waals surface area contributed by atoms with Crippen molar-refractivity contribution in [3.63, 3.8) is 0 Å². The van der Waals surface area contributed by atoms with Crippen LogP contribution < -0.4 is 0 Å². The Morgan fingerprint density at radius 2 is 2.11 bits per heavy atom. The Morgan fingerprint density at radius 1 is 1.37 bits per heavy atom. The zero-order valence-corrected chi connectivity index (χ0v) is 12.1. The summed E-state index contributed by atoms with van der Waals surface area (Å²) in [5.41, 5.74) is 3.10. The van der Waals surface area contributed by atoms with E-state index in [0.29, 0.717) is 11.3 Å². The minimum Gasteiger partial charge on any atom is -0.465 e. The highest BCUT2D eigenvalue weighted by molar-refractivity contribution is 7.98. The lowest BCUT2D eigenvalue weighted by Gasteiger charge is -2.11. The maximum absolute atomic E-state index is 11.7. The van der Waals surface area contributed by atoms with Gasteiger partial charge in [-0.3, -0.25) is 0 Å². The Balaban J connectivity index is 2.66. The van der Waals surface area contributed by atoms with Crippen molar-refractivity contribution in [3.05, 3.63) is 35.0 Å². The lowest BCUT2D eigenvalue weighted by molar-refractivity contribution is 0.0600. The molecule has 0 saturated heterocycles. The van der Waals surface area contributed by atoms with Crippen LogP contribution in [-0.4, -0.2) is 24.5 Å². The molecule has 0 aliphatic rings. The van der Waals surface area contributed by atoms with Crippen molar-refractivity contribution in [3.8, 4) is 11.3 Å². The molecular weight excluding hydrogens is 262 g/mol. The zero-order chi connectivity index (χ0) is 14.0. The summed E-state index contributed by atoms with van der Waals surface area (Å²) in [5.74, 6) is 0.327. The number of ether oxygens (including phenoxy) is 1. The maximum Gasteiger partial charge on any atom is 0.338 e. The predicted octanol–water partition coefficient (Wildman–Crippen LogP) is 3.47. The van der Waals surface area contributed by atoms with Crippen LogP contribution >= 0.6 is 11.8 Å². The van der Waals surface area contributed by atoms with E-state index in [2.05, 4.69) is 5.16 Å². The van der Waals surface area contributed by atoms with Crippen molar-refractivity contribution in [2.75, 3.05) is 13.4 Å². The first-order valence-electron chi connectivity index (χ1n) is 5.78. The Labute approximate surface area is 116 Å². The molecule has 0 N–H and O–H groups in total. The quantitative estimate of drug-likeness (QED) is 0.635. The highest BCUT2D eigenvalue weighted by Crippen LogP contribution is 2.35. The van der Waals surface area contributed by atoms with Crippen LogP contribution in [0.4, 0.5) is 0 Å². The largest absolute Gasteiger partial charge is 0.465 e. The van der Waals surface area contributed by atoms with E-state index < -0.39 is 0 Å². The van der Waals surface area contributed by atoms with E-state index in [1.54, 1.807) is 17.8 Å². The van der Waals surface area contributed by atoms with Gasteiger partial charge in [-0.1, -0.05) is 5.16 Å². The van der Waals surface area contributed by atoms with E-state index in [1.807, 2.05) is 32.2 Å². The molecule has 2 aromatic rings. The molecule has 5 heteroatoms. The number of methoxy groups -OCH3 is 1. The van der Waals surface area contributed by atoms with Crippen LogP contribution in [0.5, 0.6) is 0 Å². The molecule has 0 saturated carbocycles. The molecule has 2 rings (SSSR count). The first-order chi connectivity index (χ1) is 9.08. The fraction of sp³-hybridized carbons (Fsp3) is 0.286. The van der Waals surface area contributed by atoms with E-state index in [1.165, 1.54) is 7.11 Å². The number of thioether (sulfide) groups is 1. The van der Waals surface area contributed by atoms with Gasteiger partial charge in [0.15, 0.2) is 5.76 Å². The van der Waals surface area contributed by atoms with Gasteiger partial charge in [-0.15, -0.1) is 11.8 Å². The van der Waals surface area contributed by atoms with Crippen molar-refractivity contribution in [2.24, 2.45) is 0 Å². The molecule has 0 unspecified atom stereocenters. The number of aromatic nitrogens is 1. The Morgan fingerprint density at radius 3 is 2.63 bits per heavy atom. The number of hydrogen-bond acceptors (Lipinski definition) is 5. The van der Waals surface area contributed by atoms with Crippen molar-refractivity contribution in [2.45, 2.75) is 18.7 Å². The minimum absolute atomic E-state index is 0.345. The van der Waals surface area contributed by atoms with Crippen LogP contribution in [0.1, 0.15) is 21.6 Å². The van der Waals surface area contributed by atoms with Gasteiger partial charge in [0.25, 0.3) is 0 Å². The molecule has 0 amide bonds. The van der Waals surface area contributed by atoms with E-state index in [0.717, 1.165) is 21.7 Å². The molecule has 0 spiro atoms. The summed E-state index contributed by atoms with van der Waals surface area (Å²) in [5, 5.41) is 3.90. The van der Waals surface area contributed by atoms with Gasteiger partial charge in [-0.25, -0.2) is 4.79 Å². The molecule has 0 aliphatic carbocycles. The van der Waals surface area contributed by atoms with Gasteiger partial charge < -0.3 is 9.26 Å². The van der Waals surface area contributed by atoms with Crippen LogP contribution in [0, 0.1) is 13.8 Å². The predicted molar refractivity (Wildman–Crippen MR) is 74.5 cm³/mol. The number of benzene rings is 1. The molecule has 100 valence electrons. The summed E-state index contributed by atoms with van der Waals surface area (Å²) in [4.78, 5) is 12.8. The number of aryl methyl sites for hydroxylation is 1. The van der Waals surface area contributed by atoms with Crippen molar-refractivity contribution in [1.29, 1.82) is 0 Å². The highest BCUT2D eigenvalue weighted by atomic mass is 32.2.